The average Bonchev–Trinajstić information content (AvgIpc) is 2.44. The molecular formula is C18H30O. The molecule has 0 aromatic heterocycles. The molecule has 1 aromatic rings. The van der Waals surface area contributed by atoms with Crippen LogP contribution in [0, 0.1) is 0 Å². The Morgan fingerprint density at radius 3 is 1.89 bits per heavy atom. The maximum atomic E-state index is 5.45. The summed E-state index contributed by atoms with van der Waals surface area (Å²) >= 11 is 0. The summed E-state index contributed by atoms with van der Waals surface area (Å²) in [4.78, 5) is 0. The van der Waals surface area contributed by atoms with Crippen LogP contribution in [0.15, 0.2) is 24.3 Å². The summed E-state index contributed by atoms with van der Waals surface area (Å²) in [7, 11) is 0. The molecule has 0 saturated carbocycles. The van der Waals surface area contributed by atoms with Crippen LogP contribution in [-0.4, -0.2) is 6.61 Å². The molecule has 0 heterocycles. The van der Waals surface area contributed by atoms with Crippen molar-refractivity contribution in [2.24, 2.45) is 0 Å². The van der Waals surface area contributed by atoms with Crippen molar-refractivity contribution < 1.29 is 4.74 Å². The zero-order valence-electron chi connectivity index (χ0n) is 12.8. The van der Waals surface area contributed by atoms with Crippen LogP contribution in [0.1, 0.15) is 70.8 Å². The molecular weight excluding hydrogens is 232 g/mol. The van der Waals surface area contributed by atoms with E-state index in [9.17, 15) is 0 Å². The van der Waals surface area contributed by atoms with Gasteiger partial charge in [0.15, 0.2) is 0 Å². The first kappa shape index (κ1) is 16.1. The highest BCUT2D eigenvalue weighted by molar-refractivity contribution is 5.27. The monoisotopic (exact) mass is 262 g/mol. The van der Waals surface area contributed by atoms with Crippen LogP contribution >= 0.6 is 0 Å². The predicted octanol–water partition coefficient (Wildman–Crippen LogP) is 5.77. The van der Waals surface area contributed by atoms with Gasteiger partial charge in [0.05, 0.1) is 6.61 Å². The van der Waals surface area contributed by atoms with E-state index in [1.54, 1.807) is 0 Å². The minimum Gasteiger partial charge on any atom is -0.494 e. The number of rotatable bonds is 11. The zero-order chi connectivity index (χ0) is 13.8. The lowest BCUT2D eigenvalue weighted by Gasteiger charge is -2.05. The molecule has 1 aromatic carbocycles. The van der Waals surface area contributed by atoms with Crippen LogP contribution in [0.3, 0.4) is 0 Å². The van der Waals surface area contributed by atoms with Gasteiger partial charge in [-0.1, -0.05) is 64.0 Å². The topological polar surface area (TPSA) is 9.23 Å². The summed E-state index contributed by atoms with van der Waals surface area (Å²) < 4.78 is 5.45. The van der Waals surface area contributed by atoms with Crippen molar-refractivity contribution >= 4 is 0 Å². The van der Waals surface area contributed by atoms with Gasteiger partial charge in [-0.3, -0.25) is 0 Å². The van der Waals surface area contributed by atoms with Crippen molar-refractivity contribution in [1.29, 1.82) is 0 Å². The standard InChI is InChI=1S/C18H30O/c1-3-5-6-7-8-9-10-11-12-17-13-15-18(16-14-17)19-4-2/h13-16H,3-12H2,1-2H3. The minimum atomic E-state index is 0.747. The molecule has 0 aliphatic heterocycles. The summed E-state index contributed by atoms with van der Waals surface area (Å²) in [5.74, 6) is 0.988. The third-order valence-corrected chi connectivity index (χ3v) is 3.55. The van der Waals surface area contributed by atoms with Gasteiger partial charge >= 0.3 is 0 Å². The van der Waals surface area contributed by atoms with Gasteiger partial charge in [-0.05, 0) is 37.5 Å². The molecule has 1 nitrogen and oxygen atoms in total. The third kappa shape index (κ3) is 7.92. The number of benzene rings is 1. The molecule has 0 saturated heterocycles. The molecule has 108 valence electrons. The van der Waals surface area contributed by atoms with E-state index in [-0.39, 0.29) is 0 Å². The molecule has 19 heavy (non-hydrogen) atoms. The lowest BCUT2D eigenvalue weighted by molar-refractivity contribution is 0.340. The zero-order valence-corrected chi connectivity index (χ0v) is 12.8. The van der Waals surface area contributed by atoms with E-state index in [1.165, 1.54) is 63.4 Å². The Morgan fingerprint density at radius 1 is 0.737 bits per heavy atom. The lowest BCUT2D eigenvalue weighted by atomic mass is 10.0. The molecule has 0 spiro atoms. The van der Waals surface area contributed by atoms with Crippen molar-refractivity contribution in [3.05, 3.63) is 29.8 Å². The van der Waals surface area contributed by atoms with E-state index >= 15 is 0 Å². The molecule has 0 unspecified atom stereocenters. The number of hydrogen-bond acceptors (Lipinski definition) is 1. The van der Waals surface area contributed by atoms with Gasteiger partial charge < -0.3 is 4.74 Å². The Hall–Kier alpha value is -0.980. The smallest absolute Gasteiger partial charge is 0.119 e. The van der Waals surface area contributed by atoms with Crippen LogP contribution in [0.5, 0.6) is 5.75 Å². The van der Waals surface area contributed by atoms with Crippen LogP contribution in [0.2, 0.25) is 0 Å². The van der Waals surface area contributed by atoms with E-state index < -0.39 is 0 Å². The quantitative estimate of drug-likeness (QED) is 0.460. The molecule has 0 bridgehead atoms. The maximum absolute atomic E-state index is 5.45. The summed E-state index contributed by atoms with van der Waals surface area (Å²) in [5.41, 5.74) is 1.44. The summed E-state index contributed by atoms with van der Waals surface area (Å²) in [6.45, 7) is 5.04. The fraction of sp³-hybridized carbons (Fsp3) is 0.667. The summed E-state index contributed by atoms with van der Waals surface area (Å²) in [6, 6.07) is 8.58. The number of ether oxygens (including phenoxy) is 1. The van der Waals surface area contributed by atoms with Crippen LogP contribution in [-0.2, 0) is 6.42 Å². The van der Waals surface area contributed by atoms with E-state index in [0.29, 0.717) is 0 Å². The Kier molecular flexibility index (Phi) is 9.22. The second kappa shape index (κ2) is 10.9. The van der Waals surface area contributed by atoms with E-state index in [1.807, 2.05) is 6.92 Å². The minimum absolute atomic E-state index is 0.747. The molecule has 0 radical (unpaired) electrons. The largest absolute Gasteiger partial charge is 0.494 e. The Bertz CT molecular complexity index is 302. The summed E-state index contributed by atoms with van der Waals surface area (Å²) in [5, 5.41) is 0. The van der Waals surface area contributed by atoms with Crippen molar-refractivity contribution in [2.75, 3.05) is 6.61 Å². The predicted molar refractivity (Wildman–Crippen MR) is 83.9 cm³/mol. The van der Waals surface area contributed by atoms with Gasteiger partial charge in [0.25, 0.3) is 0 Å². The van der Waals surface area contributed by atoms with Crippen molar-refractivity contribution in [3.63, 3.8) is 0 Å². The fourth-order valence-electron chi connectivity index (χ4n) is 2.38. The first-order valence-electron chi connectivity index (χ1n) is 8.08. The number of unbranched alkanes of at least 4 members (excludes halogenated alkanes) is 7. The van der Waals surface area contributed by atoms with Crippen LogP contribution in [0.4, 0.5) is 0 Å². The summed E-state index contributed by atoms with van der Waals surface area (Å²) in [6.07, 6.45) is 12.3. The Labute approximate surface area is 119 Å². The van der Waals surface area contributed by atoms with E-state index in [2.05, 4.69) is 31.2 Å². The SMILES string of the molecule is CCCCCCCCCCc1ccc(OCC)cc1. The normalized spacial score (nSPS) is 10.6. The Morgan fingerprint density at radius 2 is 1.32 bits per heavy atom. The van der Waals surface area contributed by atoms with Crippen molar-refractivity contribution in [2.45, 2.75) is 71.6 Å². The molecule has 0 aliphatic rings. The fourth-order valence-corrected chi connectivity index (χ4v) is 2.38. The van der Waals surface area contributed by atoms with Gasteiger partial charge in [0, 0.05) is 0 Å². The van der Waals surface area contributed by atoms with E-state index in [0.717, 1.165) is 12.4 Å². The highest BCUT2D eigenvalue weighted by Gasteiger charge is 1.96. The first-order chi connectivity index (χ1) is 9.36. The molecule has 1 heteroatoms. The van der Waals surface area contributed by atoms with Crippen LogP contribution in [0.25, 0.3) is 0 Å². The van der Waals surface area contributed by atoms with E-state index in [4.69, 9.17) is 4.74 Å². The van der Waals surface area contributed by atoms with Gasteiger partial charge in [-0.2, -0.15) is 0 Å². The second-order valence-corrected chi connectivity index (χ2v) is 5.30. The maximum Gasteiger partial charge on any atom is 0.119 e. The molecule has 0 N–H and O–H groups in total. The molecule has 0 fully saturated rings. The Balaban J connectivity index is 2.02. The van der Waals surface area contributed by atoms with Crippen LogP contribution < -0.4 is 4.74 Å². The van der Waals surface area contributed by atoms with Crippen molar-refractivity contribution in [3.8, 4) is 5.75 Å². The average molecular weight is 262 g/mol. The second-order valence-electron chi connectivity index (χ2n) is 5.30. The number of hydrogen-bond donors (Lipinski definition) is 0. The molecule has 0 atom stereocenters. The highest BCUT2D eigenvalue weighted by atomic mass is 16.5. The first-order valence-corrected chi connectivity index (χ1v) is 8.08. The molecule has 0 amide bonds. The van der Waals surface area contributed by atoms with Gasteiger partial charge in [0.1, 0.15) is 5.75 Å². The highest BCUT2D eigenvalue weighted by Crippen LogP contribution is 2.15. The number of aryl methyl sites for hydroxylation is 1. The van der Waals surface area contributed by atoms with Gasteiger partial charge in [0.2, 0.25) is 0 Å². The van der Waals surface area contributed by atoms with Crippen molar-refractivity contribution in [1.82, 2.24) is 0 Å². The molecule has 0 aliphatic carbocycles. The molecule has 1 rings (SSSR count). The van der Waals surface area contributed by atoms with Gasteiger partial charge in [-0.15, -0.1) is 0 Å². The van der Waals surface area contributed by atoms with Gasteiger partial charge in [-0.25, -0.2) is 0 Å². The third-order valence-electron chi connectivity index (χ3n) is 3.55. The lowest BCUT2D eigenvalue weighted by Crippen LogP contribution is -1.92.